The molecule has 1 atom stereocenters. The zero-order valence-electron chi connectivity index (χ0n) is 5.22. The van der Waals surface area contributed by atoms with Gasteiger partial charge in [-0.1, -0.05) is 6.30 Å². The van der Waals surface area contributed by atoms with Crippen molar-refractivity contribution < 1.29 is 0 Å². The maximum absolute atomic E-state index is 5.59. The number of hydrogen-bond acceptors (Lipinski definition) is 2. The van der Waals surface area contributed by atoms with Gasteiger partial charge in [0, 0.05) is 18.7 Å². The van der Waals surface area contributed by atoms with Gasteiger partial charge in [0.25, 0.3) is 0 Å². The highest BCUT2D eigenvalue weighted by Gasteiger charge is 1.94. The van der Waals surface area contributed by atoms with Gasteiger partial charge in [0.05, 0.1) is 0 Å². The van der Waals surface area contributed by atoms with Crippen LogP contribution in [-0.4, -0.2) is 32.1 Å². The molecular formula is C5H13N2P. The molecular weight excluding hydrogens is 119 g/mol. The van der Waals surface area contributed by atoms with E-state index in [0.29, 0.717) is 0 Å². The fraction of sp³-hybridized carbons (Fsp3) is 0.800. The van der Waals surface area contributed by atoms with Crippen molar-refractivity contribution in [3.8, 4) is 0 Å². The average Bonchev–Trinajstić information content (AvgIpc) is 1.68. The second kappa shape index (κ2) is 5.23. The topological polar surface area (TPSA) is 38.0 Å². The molecule has 0 aromatic rings. The zero-order chi connectivity index (χ0) is 6.41. The molecule has 2 nitrogen and oxygen atoms in total. The highest BCUT2D eigenvalue weighted by Crippen LogP contribution is 1.90. The summed E-state index contributed by atoms with van der Waals surface area (Å²) < 4.78 is 0. The van der Waals surface area contributed by atoms with Crippen LogP contribution in [-0.2, 0) is 0 Å². The standard InChI is InChI=1S/C5H13N2P/c1-7-3-5(6)4-8-2/h5,7H,2-4,6H2,1H3/t5-/m1/s1. The van der Waals surface area contributed by atoms with E-state index in [1.165, 1.54) is 0 Å². The van der Waals surface area contributed by atoms with Crippen molar-refractivity contribution in [3.05, 3.63) is 0 Å². The minimum absolute atomic E-state index is 0.277. The van der Waals surface area contributed by atoms with Crippen LogP contribution in [0.15, 0.2) is 0 Å². The summed E-state index contributed by atoms with van der Waals surface area (Å²) in [4.78, 5) is 0. The monoisotopic (exact) mass is 132 g/mol. The molecule has 0 heterocycles. The smallest absolute Gasteiger partial charge is 0.0241 e. The fourth-order valence-corrected chi connectivity index (χ4v) is 0.953. The highest BCUT2D eigenvalue weighted by molar-refractivity contribution is 7.36. The van der Waals surface area contributed by atoms with E-state index in [1.807, 2.05) is 7.05 Å². The quantitative estimate of drug-likeness (QED) is 0.525. The van der Waals surface area contributed by atoms with Crippen LogP contribution in [0.1, 0.15) is 0 Å². The van der Waals surface area contributed by atoms with Gasteiger partial charge in [-0.15, -0.1) is 8.20 Å². The Morgan fingerprint density at radius 2 is 2.50 bits per heavy atom. The molecule has 0 rings (SSSR count). The first-order valence-corrected chi connectivity index (χ1v) is 3.90. The lowest BCUT2D eigenvalue weighted by molar-refractivity contribution is 0.673. The third-order valence-electron chi connectivity index (χ3n) is 0.830. The molecule has 0 spiro atoms. The Hall–Kier alpha value is 0.0900. The van der Waals surface area contributed by atoms with Crippen LogP contribution in [0.25, 0.3) is 0 Å². The molecule has 0 aliphatic heterocycles. The van der Waals surface area contributed by atoms with E-state index in [1.54, 1.807) is 0 Å². The van der Waals surface area contributed by atoms with E-state index in [-0.39, 0.29) is 6.04 Å². The summed E-state index contributed by atoms with van der Waals surface area (Å²) >= 11 is 0. The number of nitrogens with two attached hydrogens (primary N) is 1. The third-order valence-corrected chi connectivity index (χ3v) is 1.56. The van der Waals surface area contributed by atoms with E-state index in [0.717, 1.165) is 20.9 Å². The van der Waals surface area contributed by atoms with Crippen molar-refractivity contribution in [1.82, 2.24) is 5.32 Å². The SMILES string of the molecule is C=PC[C@H](N)CNC. The third kappa shape index (κ3) is 4.25. The van der Waals surface area contributed by atoms with E-state index in [4.69, 9.17) is 5.73 Å². The summed E-state index contributed by atoms with van der Waals surface area (Å²) in [6.45, 7) is 0.891. The summed E-state index contributed by atoms with van der Waals surface area (Å²) in [6.07, 6.45) is 4.66. The van der Waals surface area contributed by atoms with Crippen LogP contribution in [0.2, 0.25) is 0 Å². The van der Waals surface area contributed by atoms with Crippen molar-refractivity contribution >= 4 is 14.5 Å². The predicted octanol–water partition coefficient (Wildman–Crippen LogP) is -0.0887. The Bertz CT molecular complexity index is 65.4. The fourth-order valence-electron chi connectivity index (χ4n) is 0.493. The van der Waals surface area contributed by atoms with Crippen LogP contribution in [0.5, 0.6) is 0 Å². The zero-order valence-corrected chi connectivity index (χ0v) is 6.12. The molecule has 0 aromatic heterocycles. The highest BCUT2D eigenvalue weighted by atomic mass is 31.1. The first kappa shape index (κ1) is 8.09. The maximum atomic E-state index is 5.59. The molecule has 0 fully saturated rings. The first-order chi connectivity index (χ1) is 3.81. The van der Waals surface area contributed by atoms with Crippen molar-refractivity contribution in [1.29, 1.82) is 0 Å². The van der Waals surface area contributed by atoms with Crippen LogP contribution < -0.4 is 11.1 Å². The largest absolute Gasteiger partial charge is 0.326 e. The lowest BCUT2D eigenvalue weighted by Gasteiger charge is -2.04. The van der Waals surface area contributed by atoms with Crippen molar-refractivity contribution in [2.24, 2.45) is 5.73 Å². The Morgan fingerprint density at radius 3 is 2.88 bits per heavy atom. The number of hydrogen-bond donors (Lipinski definition) is 2. The van der Waals surface area contributed by atoms with Gasteiger partial charge in [0.1, 0.15) is 0 Å². The summed E-state index contributed by atoms with van der Waals surface area (Å²) in [5, 5.41) is 3.00. The van der Waals surface area contributed by atoms with Crippen molar-refractivity contribution in [2.75, 3.05) is 19.8 Å². The van der Waals surface area contributed by atoms with Crippen molar-refractivity contribution in [3.63, 3.8) is 0 Å². The van der Waals surface area contributed by atoms with Crippen LogP contribution in [0, 0.1) is 0 Å². The Labute approximate surface area is 52.3 Å². The summed E-state index contributed by atoms with van der Waals surface area (Å²) in [5.74, 6) is 0. The minimum Gasteiger partial charge on any atom is -0.326 e. The molecule has 8 heavy (non-hydrogen) atoms. The molecule has 0 unspecified atom stereocenters. The molecule has 0 aromatic carbocycles. The Morgan fingerprint density at radius 1 is 1.88 bits per heavy atom. The Kier molecular flexibility index (Phi) is 5.29. The van der Waals surface area contributed by atoms with E-state index >= 15 is 0 Å². The molecule has 0 saturated heterocycles. The van der Waals surface area contributed by atoms with Gasteiger partial charge in [-0.05, 0) is 7.05 Å². The first-order valence-electron chi connectivity index (χ1n) is 2.64. The summed E-state index contributed by atoms with van der Waals surface area (Å²) in [5.41, 5.74) is 5.59. The number of likely N-dealkylation sites (N-methyl/N-ethyl adjacent to an activating group) is 1. The molecule has 0 bridgehead atoms. The molecule has 0 aliphatic rings. The predicted molar refractivity (Wildman–Crippen MR) is 40.8 cm³/mol. The number of rotatable bonds is 4. The van der Waals surface area contributed by atoms with Gasteiger partial charge in [-0.3, -0.25) is 0 Å². The molecule has 48 valence electrons. The Balaban J connectivity index is 3.03. The van der Waals surface area contributed by atoms with Gasteiger partial charge >= 0.3 is 0 Å². The van der Waals surface area contributed by atoms with Crippen LogP contribution in [0.4, 0.5) is 0 Å². The van der Waals surface area contributed by atoms with Crippen LogP contribution >= 0.6 is 8.20 Å². The lowest BCUT2D eigenvalue weighted by Crippen LogP contribution is -2.33. The molecule has 0 saturated carbocycles. The summed E-state index contributed by atoms with van der Waals surface area (Å²) in [6, 6.07) is 0.277. The molecule has 3 heteroatoms. The molecule has 0 radical (unpaired) electrons. The molecule has 0 aliphatic carbocycles. The second-order valence-corrected chi connectivity index (χ2v) is 2.54. The van der Waals surface area contributed by atoms with E-state index in [2.05, 4.69) is 11.6 Å². The molecule has 0 amide bonds. The lowest BCUT2D eigenvalue weighted by atomic mass is 10.4. The average molecular weight is 132 g/mol. The van der Waals surface area contributed by atoms with Gasteiger partial charge in [-0.25, -0.2) is 0 Å². The van der Waals surface area contributed by atoms with Crippen molar-refractivity contribution in [2.45, 2.75) is 6.04 Å². The molecule has 3 N–H and O–H groups in total. The van der Waals surface area contributed by atoms with Gasteiger partial charge in [0.2, 0.25) is 0 Å². The van der Waals surface area contributed by atoms with Gasteiger partial charge < -0.3 is 11.1 Å². The van der Waals surface area contributed by atoms with Crippen LogP contribution in [0.3, 0.4) is 0 Å². The minimum atomic E-state index is 0.277. The number of nitrogens with one attached hydrogen (secondary N) is 1. The normalized spacial score (nSPS) is 14.2. The summed E-state index contributed by atoms with van der Waals surface area (Å²) in [7, 11) is 3.04. The second-order valence-electron chi connectivity index (χ2n) is 1.72. The van der Waals surface area contributed by atoms with Gasteiger partial charge in [-0.2, -0.15) is 0 Å². The van der Waals surface area contributed by atoms with E-state index in [9.17, 15) is 0 Å². The van der Waals surface area contributed by atoms with E-state index < -0.39 is 0 Å². The maximum Gasteiger partial charge on any atom is 0.0241 e. The van der Waals surface area contributed by atoms with Gasteiger partial charge in [0.15, 0.2) is 0 Å².